The Kier molecular flexibility index (Phi) is 8.19. The zero-order valence-electron chi connectivity index (χ0n) is 20.5. The highest BCUT2D eigenvalue weighted by molar-refractivity contribution is 9.10. The van der Waals surface area contributed by atoms with Crippen LogP contribution in [0.5, 0.6) is 5.75 Å². The number of carbonyl (C=O) groups excluding carboxylic acids is 1. The van der Waals surface area contributed by atoms with Crippen molar-refractivity contribution in [2.24, 2.45) is 5.10 Å². The molecule has 4 aromatic rings. The highest BCUT2D eigenvalue weighted by atomic mass is 79.9. The Morgan fingerprint density at radius 1 is 1.23 bits per heavy atom. The van der Waals surface area contributed by atoms with E-state index in [-0.39, 0.29) is 29.8 Å². The van der Waals surface area contributed by atoms with Gasteiger partial charge in [-0.2, -0.15) is 9.78 Å². The van der Waals surface area contributed by atoms with Gasteiger partial charge < -0.3 is 15.2 Å². The molecule has 0 bridgehead atoms. The Bertz CT molecular complexity index is 1490. The fourth-order valence-corrected chi connectivity index (χ4v) is 4.24. The Labute approximate surface area is 229 Å². The molecule has 13 nitrogen and oxygen atoms in total. The molecule has 1 fully saturated rings. The molecular formula is C24H23BrFN9O4. The van der Waals surface area contributed by atoms with Crippen molar-refractivity contribution >= 4 is 33.9 Å². The molecule has 15 heteroatoms. The molecule has 0 aliphatic carbocycles. The molecule has 39 heavy (non-hydrogen) atoms. The Hall–Kier alpha value is -4.21. The molecule has 0 saturated carbocycles. The maximum atomic E-state index is 13.5. The molecule has 1 aliphatic rings. The first-order valence-corrected chi connectivity index (χ1v) is 12.6. The monoisotopic (exact) mass is 599 g/mol. The van der Waals surface area contributed by atoms with E-state index in [1.807, 2.05) is 0 Å². The summed E-state index contributed by atoms with van der Waals surface area (Å²) in [4.78, 5) is 15.4. The molecule has 1 amide bonds. The number of halogens is 2. The average molecular weight is 600 g/mol. The maximum Gasteiger partial charge on any atom is 0.292 e. The molecule has 0 spiro atoms. The molecule has 0 atom stereocenters. The van der Waals surface area contributed by atoms with E-state index >= 15 is 0 Å². The van der Waals surface area contributed by atoms with Crippen LogP contribution in [0.1, 0.15) is 27.3 Å². The topological polar surface area (TPSA) is 159 Å². The SMILES string of the molecule is Nc1nonc1-n1nnc(CN2CCOCC2)c1C(=O)NN=Cc1cc(Br)ccc1OCc1cccc(F)c1. The molecule has 1 saturated heterocycles. The number of nitrogens with zero attached hydrogens (tertiary/aromatic N) is 7. The highest BCUT2D eigenvalue weighted by Gasteiger charge is 2.26. The summed E-state index contributed by atoms with van der Waals surface area (Å²) in [5, 5.41) is 19.7. The van der Waals surface area contributed by atoms with Crippen molar-refractivity contribution in [3.8, 4) is 11.6 Å². The predicted octanol–water partition coefficient (Wildman–Crippen LogP) is 2.31. The van der Waals surface area contributed by atoms with Crippen molar-refractivity contribution in [2.45, 2.75) is 13.2 Å². The minimum atomic E-state index is -0.598. The van der Waals surface area contributed by atoms with Crippen LogP contribution in [0.15, 0.2) is 56.7 Å². The maximum absolute atomic E-state index is 13.5. The lowest BCUT2D eigenvalue weighted by Crippen LogP contribution is -2.36. The van der Waals surface area contributed by atoms with Crippen LogP contribution in [0.4, 0.5) is 10.2 Å². The molecule has 3 heterocycles. The number of hydrazone groups is 1. The van der Waals surface area contributed by atoms with Crippen molar-refractivity contribution in [3.63, 3.8) is 0 Å². The summed E-state index contributed by atoms with van der Waals surface area (Å²) in [6.45, 7) is 3.02. The van der Waals surface area contributed by atoms with Crippen molar-refractivity contribution in [2.75, 3.05) is 32.0 Å². The van der Waals surface area contributed by atoms with Gasteiger partial charge >= 0.3 is 0 Å². The van der Waals surface area contributed by atoms with Gasteiger partial charge in [0.15, 0.2) is 5.69 Å². The lowest BCUT2D eigenvalue weighted by atomic mass is 10.2. The Balaban J connectivity index is 1.35. The van der Waals surface area contributed by atoms with E-state index in [9.17, 15) is 9.18 Å². The lowest BCUT2D eigenvalue weighted by molar-refractivity contribution is 0.0335. The standard InChI is InChI=1S/C24H23BrFN9O4/c25-17-4-5-20(38-14-15-2-1-3-18(26)10-15)16(11-17)12-28-30-24(36)21-19(13-34-6-8-37-9-7-34)29-33-35(21)23-22(27)31-39-32-23/h1-5,10-12H,6-9,13-14H2,(H2,27,31)(H,30,36). The predicted molar refractivity (Wildman–Crippen MR) is 140 cm³/mol. The van der Waals surface area contributed by atoms with E-state index in [1.54, 1.807) is 30.3 Å². The summed E-state index contributed by atoms with van der Waals surface area (Å²) in [6.07, 6.45) is 1.44. The Morgan fingerprint density at radius 3 is 2.85 bits per heavy atom. The number of nitrogens with two attached hydrogens (primary N) is 1. The second-order valence-electron chi connectivity index (χ2n) is 8.46. The van der Waals surface area contributed by atoms with Crippen LogP contribution in [-0.2, 0) is 17.9 Å². The third-order valence-electron chi connectivity index (χ3n) is 5.75. The number of hydrogen-bond acceptors (Lipinski definition) is 11. The van der Waals surface area contributed by atoms with Crippen LogP contribution in [0.2, 0.25) is 0 Å². The summed E-state index contributed by atoms with van der Waals surface area (Å²) in [7, 11) is 0. The zero-order valence-corrected chi connectivity index (χ0v) is 22.0. The van der Waals surface area contributed by atoms with Gasteiger partial charge in [0, 0.05) is 29.7 Å². The number of nitrogen functional groups attached to an aromatic ring is 1. The number of aromatic nitrogens is 5. The van der Waals surface area contributed by atoms with Crippen molar-refractivity contribution < 1.29 is 23.3 Å². The van der Waals surface area contributed by atoms with Crippen molar-refractivity contribution in [1.82, 2.24) is 35.6 Å². The second kappa shape index (κ2) is 12.1. The van der Waals surface area contributed by atoms with E-state index in [2.05, 4.69) is 56.6 Å². The summed E-state index contributed by atoms with van der Waals surface area (Å²) >= 11 is 3.43. The number of rotatable bonds is 9. The molecule has 5 rings (SSSR count). The van der Waals surface area contributed by atoms with Crippen LogP contribution < -0.4 is 15.9 Å². The van der Waals surface area contributed by atoms with Gasteiger partial charge in [-0.05, 0) is 46.2 Å². The fourth-order valence-electron chi connectivity index (χ4n) is 3.86. The summed E-state index contributed by atoms with van der Waals surface area (Å²) in [5.41, 5.74) is 10.1. The van der Waals surface area contributed by atoms with Gasteiger partial charge in [0.05, 0.1) is 19.4 Å². The van der Waals surface area contributed by atoms with Gasteiger partial charge in [0.1, 0.15) is 23.9 Å². The summed E-state index contributed by atoms with van der Waals surface area (Å²) < 4.78 is 31.4. The number of carbonyl (C=O) groups is 1. The molecule has 202 valence electrons. The number of anilines is 1. The first-order valence-electron chi connectivity index (χ1n) is 11.8. The normalized spacial score (nSPS) is 14.1. The van der Waals surface area contributed by atoms with Crippen LogP contribution >= 0.6 is 15.9 Å². The molecule has 2 aromatic carbocycles. The van der Waals surface area contributed by atoms with E-state index in [4.69, 9.17) is 15.2 Å². The average Bonchev–Trinajstić information content (AvgIpc) is 3.54. The molecular weight excluding hydrogens is 577 g/mol. The number of amides is 1. The van der Waals surface area contributed by atoms with Gasteiger partial charge in [-0.15, -0.1) is 5.10 Å². The van der Waals surface area contributed by atoms with Crippen LogP contribution in [-0.4, -0.2) is 68.6 Å². The number of hydrogen-bond donors (Lipinski definition) is 2. The minimum absolute atomic E-state index is 0.0323. The highest BCUT2D eigenvalue weighted by Crippen LogP contribution is 2.23. The number of benzene rings is 2. The van der Waals surface area contributed by atoms with Gasteiger partial charge in [0.2, 0.25) is 11.6 Å². The van der Waals surface area contributed by atoms with Crippen LogP contribution in [0, 0.1) is 5.82 Å². The largest absolute Gasteiger partial charge is 0.488 e. The minimum Gasteiger partial charge on any atom is -0.488 e. The Morgan fingerprint density at radius 2 is 2.08 bits per heavy atom. The number of ether oxygens (including phenoxy) is 2. The molecule has 3 N–H and O–H groups in total. The first kappa shape index (κ1) is 26.4. The van der Waals surface area contributed by atoms with E-state index in [0.717, 1.165) is 4.47 Å². The van der Waals surface area contributed by atoms with Gasteiger partial charge in [-0.3, -0.25) is 9.69 Å². The van der Waals surface area contributed by atoms with E-state index in [0.29, 0.717) is 55.4 Å². The van der Waals surface area contributed by atoms with Gasteiger partial charge in [-0.25, -0.2) is 14.4 Å². The summed E-state index contributed by atoms with van der Waals surface area (Å²) in [5.74, 6) is -0.475. The third kappa shape index (κ3) is 6.45. The zero-order chi connectivity index (χ0) is 27.2. The van der Waals surface area contributed by atoms with Gasteiger partial charge in [0.25, 0.3) is 5.91 Å². The van der Waals surface area contributed by atoms with Crippen LogP contribution in [0.25, 0.3) is 5.82 Å². The molecule has 0 unspecified atom stereocenters. The third-order valence-corrected chi connectivity index (χ3v) is 6.25. The fraction of sp³-hybridized carbons (Fsp3) is 0.250. The van der Waals surface area contributed by atoms with Crippen LogP contribution in [0.3, 0.4) is 0 Å². The smallest absolute Gasteiger partial charge is 0.292 e. The second-order valence-corrected chi connectivity index (χ2v) is 9.37. The first-order chi connectivity index (χ1) is 19.0. The number of morpholine rings is 1. The quantitative estimate of drug-likeness (QED) is 0.216. The molecule has 1 aliphatic heterocycles. The molecule has 2 aromatic heterocycles. The van der Waals surface area contributed by atoms with Gasteiger partial charge in [-0.1, -0.05) is 33.3 Å². The summed E-state index contributed by atoms with van der Waals surface area (Å²) in [6, 6.07) is 11.5. The van der Waals surface area contributed by atoms with Crippen molar-refractivity contribution in [1.29, 1.82) is 0 Å². The van der Waals surface area contributed by atoms with E-state index in [1.165, 1.54) is 23.0 Å². The van der Waals surface area contributed by atoms with E-state index < -0.39 is 5.91 Å². The number of nitrogens with one attached hydrogen (secondary N) is 1. The molecule has 0 radical (unpaired) electrons. The van der Waals surface area contributed by atoms with Crippen molar-refractivity contribution in [3.05, 3.63) is 75.3 Å². The lowest BCUT2D eigenvalue weighted by Gasteiger charge is -2.25.